The number of para-hydroxylation sites is 2. The number of benzene rings is 1. The molecule has 13 heavy (non-hydrogen) atoms. The van der Waals surface area contributed by atoms with Crippen LogP contribution in [-0.4, -0.2) is 17.6 Å². The van der Waals surface area contributed by atoms with Crippen molar-refractivity contribution in [1.29, 1.82) is 0 Å². The molecule has 0 spiro atoms. The molecule has 0 aliphatic carbocycles. The van der Waals surface area contributed by atoms with Crippen LogP contribution in [0.1, 0.15) is 0 Å². The Balaban J connectivity index is 0.00000144. The maximum atomic E-state index is 10.2. The third kappa shape index (κ3) is 3.66. The molecule has 72 valence electrons. The van der Waals surface area contributed by atoms with Crippen LogP contribution >= 0.6 is 12.4 Å². The van der Waals surface area contributed by atoms with Gasteiger partial charge in [-0.15, -0.1) is 12.4 Å². The quantitative estimate of drug-likeness (QED) is 0.644. The van der Waals surface area contributed by atoms with E-state index >= 15 is 0 Å². The highest BCUT2D eigenvalue weighted by atomic mass is 35.5. The zero-order chi connectivity index (χ0) is 8.97. The van der Waals surface area contributed by atoms with Crippen molar-refractivity contribution in [2.45, 2.75) is 0 Å². The van der Waals surface area contributed by atoms with Crippen molar-refractivity contribution in [3.63, 3.8) is 0 Å². The highest BCUT2D eigenvalue weighted by molar-refractivity contribution is 5.85. The SMILES string of the molecule is Cl.Nc1ccccc1NCC(=O)O. The highest BCUT2D eigenvalue weighted by Gasteiger charge is 1.98. The Morgan fingerprint density at radius 2 is 2.08 bits per heavy atom. The van der Waals surface area contributed by atoms with E-state index < -0.39 is 5.97 Å². The molecule has 0 heterocycles. The van der Waals surface area contributed by atoms with E-state index in [1.165, 1.54) is 0 Å². The van der Waals surface area contributed by atoms with Crippen molar-refractivity contribution in [3.05, 3.63) is 24.3 Å². The van der Waals surface area contributed by atoms with Gasteiger partial charge in [0, 0.05) is 0 Å². The maximum Gasteiger partial charge on any atom is 0.322 e. The molecular weight excluding hydrogens is 192 g/mol. The molecule has 5 heteroatoms. The number of carbonyl (C=O) groups is 1. The van der Waals surface area contributed by atoms with E-state index in [9.17, 15) is 4.79 Å². The fourth-order valence-corrected chi connectivity index (χ4v) is 0.829. The van der Waals surface area contributed by atoms with Gasteiger partial charge in [-0.05, 0) is 12.1 Å². The van der Waals surface area contributed by atoms with Gasteiger partial charge in [-0.1, -0.05) is 12.1 Å². The van der Waals surface area contributed by atoms with Crippen molar-refractivity contribution in [2.24, 2.45) is 0 Å². The number of hydrogen-bond donors (Lipinski definition) is 3. The smallest absolute Gasteiger partial charge is 0.322 e. The van der Waals surface area contributed by atoms with Crippen LogP contribution in [0.15, 0.2) is 24.3 Å². The minimum Gasteiger partial charge on any atom is -0.480 e. The third-order valence-electron chi connectivity index (χ3n) is 1.39. The highest BCUT2D eigenvalue weighted by Crippen LogP contribution is 2.15. The molecular formula is C8H11ClN2O2. The maximum absolute atomic E-state index is 10.2. The minimum atomic E-state index is -0.904. The second-order valence-electron chi connectivity index (χ2n) is 2.33. The van der Waals surface area contributed by atoms with Gasteiger partial charge in [0.25, 0.3) is 0 Å². The second kappa shape index (κ2) is 5.27. The fraction of sp³-hybridized carbons (Fsp3) is 0.125. The van der Waals surface area contributed by atoms with Gasteiger partial charge in [0.2, 0.25) is 0 Å². The fourth-order valence-electron chi connectivity index (χ4n) is 0.829. The Labute approximate surface area is 82.2 Å². The van der Waals surface area contributed by atoms with Crippen LogP contribution in [0.25, 0.3) is 0 Å². The van der Waals surface area contributed by atoms with Gasteiger partial charge in [-0.2, -0.15) is 0 Å². The molecule has 1 rings (SSSR count). The number of rotatable bonds is 3. The number of halogens is 1. The lowest BCUT2D eigenvalue weighted by Crippen LogP contribution is -2.13. The van der Waals surface area contributed by atoms with E-state index in [4.69, 9.17) is 10.8 Å². The van der Waals surface area contributed by atoms with Crippen LogP contribution in [0.3, 0.4) is 0 Å². The molecule has 0 fully saturated rings. The predicted octanol–water partition coefficient (Wildman–Crippen LogP) is 1.19. The van der Waals surface area contributed by atoms with E-state index in [0.717, 1.165) is 0 Å². The predicted molar refractivity (Wildman–Crippen MR) is 54.2 cm³/mol. The molecule has 0 atom stereocenters. The average molecular weight is 203 g/mol. The van der Waals surface area contributed by atoms with Crippen LogP contribution in [-0.2, 0) is 4.79 Å². The molecule has 0 aromatic heterocycles. The van der Waals surface area contributed by atoms with E-state index in [-0.39, 0.29) is 19.0 Å². The average Bonchev–Trinajstić information content (AvgIpc) is 2.03. The minimum absolute atomic E-state index is 0. The first kappa shape index (κ1) is 11.6. The van der Waals surface area contributed by atoms with Crippen LogP contribution in [0.2, 0.25) is 0 Å². The molecule has 4 nitrogen and oxygen atoms in total. The molecule has 0 saturated carbocycles. The van der Waals surface area contributed by atoms with Crippen molar-refractivity contribution in [2.75, 3.05) is 17.6 Å². The number of nitrogen functional groups attached to an aromatic ring is 1. The molecule has 0 amide bonds. The topological polar surface area (TPSA) is 75.3 Å². The summed E-state index contributed by atoms with van der Waals surface area (Å²) in [4.78, 5) is 10.2. The summed E-state index contributed by atoms with van der Waals surface area (Å²) in [5, 5.41) is 11.1. The second-order valence-corrected chi connectivity index (χ2v) is 2.33. The van der Waals surface area contributed by atoms with Gasteiger partial charge in [0.05, 0.1) is 11.4 Å². The van der Waals surface area contributed by atoms with Crippen LogP contribution in [0.4, 0.5) is 11.4 Å². The van der Waals surface area contributed by atoms with Crippen LogP contribution in [0, 0.1) is 0 Å². The summed E-state index contributed by atoms with van der Waals surface area (Å²) in [6.45, 7) is -0.117. The lowest BCUT2D eigenvalue weighted by atomic mass is 10.3. The number of carboxylic acid groups (broad SMARTS) is 1. The monoisotopic (exact) mass is 202 g/mol. The number of aliphatic carboxylic acids is 1. The van der Waals surface area contributed by atoms with E-state index in [1.54, 1.807) is 24.3 Å². The molecule has 0 saturated heterocycles. The van der Waals surface area contributed by atoms with Crippen LogP contribution < -0.4 is 11.1 Å². The molecule has 0 bridgehead atoms. The zero-order valence-electron chi connectivity index (χ0n) is 6.86. The number of nitrogens with one attached hydrogen (secondary N) is 1. The molecule has 4 N–H and O–H groups in total. The summed E-state index contributed by atoms with van der Waals surface area (Å²) in [6.07, 6.45) is 0. The standard InChI is InChI=1S/C8H10N2O2.ClH/c9-6-3-1-2-4-7(6)10-5-8(11)12;/h1-4,10H,5,9H2,(H,11,12);1H. The normalized spacial score (nSPS) is 8.62. The number of carboxylic acids is 1. The Bertz CT molecular complexity index is 291. The number of hydrogen-bond acceptors (Lipinski definition) is 3. The van der Waals surface area contributed by atoms with Gasteiger partial charge in [0.1, 0.15) is 6.54 Å². The number of anilines is 2. The summed E-state index contributed by atoms with van der Waals surface area (Å²) < 4.78 is 0. The van der Waals surface area contributed by atoms with Crippen molar-refractivity contribution < 1.29 is 9.90 Å². The lowest BCUT2D eigenvalue weighted by molar-refractivity contribution is -0.134. The summed E-state index contributed by atoms with van der Waals surface area (Å²) in [6, 6.07) is 7.03. The Kier molecular flexibility index (Phi) is 4.69. The first-order valence-electron chi connectivity index (χ1n) is 3.50. The van der Waals surface area contributed by atoms with Crippen molar-refractivity contribution in [3.8, 4) is 0 Å². The molecule has 1 aromatic rings. The van der Waals surface area contributed by atoms with Crippen molar-refractivity contribution >= 4 is 29.8 Å². The van der Waals surface area contributed by atoms with Crippen molar-refractivity contribution in [1.82, 2.24) is 0 Å². The van der Waals surface area contributed by atoms with Gasteiger partial charge in [0.15, 0.2) is 0 Å². The Morgan fingerprint density at radius 3 is 2.62 bits per heavy atom. The van der Waals surface area contributed by atoms with E-state index in [1.807, 2.05) is 0 Å². The summed E-state index contributed by atoms with van der Waals surface area (Å²) >= 11 is 0. The van der Waals surface area contributed by atoms with Gasteiger partial charge in [-0.3, -0.25) is 4.79 Å². The van der Waals surface area contributed by atoms with Gasteiger partial charge in [-0.25, -0.2) is 0 Å². The summed E-state index contributed by atoms with van der Waals surface area (Å²) in [5.74, 6) is -0.904. The first-order valence-corrected chi connectivity index (χ1v) is 3.50. The van der Waals surface area contributed by atoms with Gasteiger partial charge < -0.3 is 16.2 Å². The summed E-state index contributed by atoms with van der Waals surface area (Å²) in [7, 11) is 0. The first-order chi connectivity index (χ1) is 5.70. The molecule has 0 radical (unpaired) electrons. The zero-order valence-corrected chi connectivity index (χ0v) is 7.67. The number of nitrogens with two attached hydrogens (primary N) is 1. The molecule has 0 unspecified atom stereocenters. The molecule has 1 aromatic carbocycles. The summed E-state index contributed by atoms with van der Waals surface area (Å²) in [5.41, 5.74) is 6.76. The largest absolute Gasteiger partial charge is 0.480 e. The molecule has 0 aliphatic rings. The van der Waals surface area contributed by atoms with E-state index in [2.05, 4.69) is 5.32 Å². The van der Waals surface area contributed by atoms with Gasteiger partial charge >= 0.3 is 5.97 Å². The third-order valence-corrected chi connectivity index (χ3v) is 1.39. The molecule has 0 aliphatic heterocycles. The van der Waals surface area contributed by atoms with E-state index in [0.29, 0.717) is 11.4 Å². The Hall–Kier alpha value is -1.42. The van der Waals surface area contributed by atoms with Crippen LogP contribution in [0.5, 0.6) is 0 Å². The lowest BCUT2D eigenvalue weighted by Gasteiger charge is -2.05. The Morgan fingerprint density at radius 1 is 1.46 bits per heavy atom.